The number of fused-ring (bicyclic) bond motifs is 1. The summed E-state index contributed by atoms with van der Waals surface area (Å²) in [6, 6.07) is 6.66. The molecule has 0 aliphatic heterocycles. The van der Waals surface area contributed by atoms with Crippen molar-refractivity contribution in [3.63, 3.8) is 0 Å². The lowest BCUT2D eigenvalue weighted by Crippen LogP contribution is -2.05. The number of hydrogen-bond donors (Lipinski definition) is 0. The zero-order valence-corrected chi connectivity index (χ0v) is 9.46. The van der Waals surface area contributed by atoms with Gasteiger partial charge in [-0.3, -0.25) is 0 Å². The van der Waals surface area contributed by atoms with Crippen molar-refractivity contribution in [2.45, 2.75) is 6.18 Å². The van der Waals surface area contributed by atoms with Gasteiger partial charge in [0, 0.05) is 11.8 Å². The fourth-order valence-electron chi connectivity index (χ4n) is 1.81. The van der Waals surface area contributed by atoms with E-state index in [4.69, 9.17) is 0 Å². The first-order valence-corrected chi connectivity index (χ1v) is 5.38. The second-order valence-electron chi connectivity index (χ2n) is 3.88. The van der Waals surface area contributed by atoms with E-state index >= 15 is 0 Å². The normalized spacial score (nSPS) is 11.9. The molecule has 0 spiro atoms. The van der Waals surface area contributed by atoms with Gasteiger partial charge in [-0.05, 0) is 18.2 Å². The number of benzene rings is 1. The molecule has 1 aromatic carbocycles. The molecule has 0 fully saturated rings. The maximum absolute atomic E-state index is 12.7. The summed E-state index contributed by atoms with van der Waals surface area (Å²) in [5.74, 6) is 0.343. The molecular formula is C12H7F3N4. The molecule has 0 atom stereocenters. The average molecular weight is 264 g/mol. The van der Waals surface area contributed by atoms with E-state index in [1.165, 1.54) is 23.1 Å². The summed E-state index contributed by atoms with van der Waals surface area (Å²) >= 11 is 0. The zero-order chi connectivity index (χ0) is 13.5. The van der Waals surface area contributed by atoms with Crippen LogP contribution in [0.3, 0.4) is 0 Å². The Hall–Kier alpha value is -2.44. The van der Waals surface area contributed by atoms with Crippen LogP contribution in [0.25, 0.3) is 17.0 Å². The molecule has 0 N–H and O–H groups in total. The van der Waals surface area contributed by atoms with Gasteiger partial charge in [-0.25, -0.2) is 4.98 Å². The molecule has 0 aliphatic carbocycles. The Kier molecular flexibility index (Phi) is 2.48. The molecule has 0 saturated carbocycles. The van der Waals surface area contributed by atoms with Gasteiger partial charge < -0.3 is 0 Å². The Morgan fingerprint density at radius 1 is 1.05 bits per heavy atom. The number of hydrogen-bond acceptors (Lipinski definition) is 3. The smallest absolute Gasteiger partial charge is 0.220 e. The standard InChI is InChI=1S/C12H7F3N4/c13-12(14,15)9-3-1-2-8(6-9)10-4-5-16-11-17-7-18-19(10)11/h1-7H. The maximum atomic E-state index is 12.7. The fraction of sp³-hybridized carbons (Fsp3) is 0.0833. The van der Waals surface area contributed by atoms with Crippen molar-refractivity contribution in [2.24, 2.45) is 0 Å². The highest BCUT2D eigenvalue weighted by molar-refractivity contribution is 5.62. The van der Waals surface area contributed by atoms with E-state index in [0.717, 1.165) is 12.1 Å². The molecule has 2 heterocycles. The second kappa shape index (κ2) is 4.04. The molecule has 0 aliphatic rings. The molecule has 0 bridgehead atoms. The molecule has 4 nitrogen and oxygen atoms in total. The van der Waals surface area contributed by atoms with Crippen LogP contribution in [0, 0.1) is 0 Å². The molecular weight excluding hydrogens is 257 g/mol. The zero-order valence-electron chi connectivity index (χ0n) is 9.46. The van der Waals surface area contributed by atoms with E-state index in [9.17, 15) is 13.2 Å². The predicted molar refractivity (Wildman–Crippen MR) is 61.2 cm³/mol. The quantitative estimate of drug-likeness (QED) is 0.678. The molecule has 0 unspecified atom stereocenters. The van der Waals surface area contributed by atoms with E-state index in [1.54, 1.807) is 12.1 Å². The summed E-state index contributed by atoms with van der Waals surface area (Å²) in [5.41, 5.74) is 0.219. The number of nitrogens with zero attached hydrogens (tertiary/aromatic N) is 4. The highest BCUT2D eigenvalue weighted by Crippen LogP contribution is 2.31. The molecule has 96 valence electrons. The fourth-order valence-corrected chi connectivity index (χ4v) is 1.81. The largest absolute Gasteiger partial charge is 0.416 e. The average Bonchev–Trinajstić information content (AvgIpc) is 2.86. The third-order valence-electron chi connectivity index (χ3n) is 2.67. The van der Waals surface area contributed by atoms with Crippen LogP contribution in [0.5, 0.6) is 0 Å². The van der Waals surface area contributed by atoms with Gasteiger partial charge in [0.25, 0.3) is 5.78 Å². The van der Waals surface area contributed by atoms with Gasteiger partial charge in [0.2, 0.25) is 0 Å². The lowest BCUT2D eigenvalue weighted by atomic mass is 10.1. The first-order valence-electron chi connectivity index (χ1n) is 5.38. The minimum atomic E-state index is -4.37. The summed E-state index contributed by atoms with van der Waals surface area (Å²) in [5, 5.41) is 3.95. The maximum Gasteiger partial charge on any atom is 0.416 e. The van der Waals surface area contributed by atoms with Crippen LogP contribution in [0.15, 0.2) is 42.9 Å². The first kappa shape index (κ1) is 11.6. The van der Waals surface area contributed by atoms with Crippen molar-refractivity contribution >= 4 is 5.78 Å². The number of rotatable bonds is 1. The minimum absolute atomic E-state index is 0.343. The van der Waals surface area contributed by atoms with Crippen LogP contribution < -0.4 is 0 Å². The monoisotopic (exact) mass is 264 g/mol. The number of alkyl halides is 3. The van der Waals surface area contributed by atoms with Gasteiger partial charge in [0.15, 0.2) is 0 Å². The summed E-state index contributed by atoms with van der Waals surface area (Å²) in [7, 11) is 0. The third-order valence-corrected chi connectivity index (χ3v) is 2.67. The molecule has 0 saturated heterocycles. The Bertz CT molecular complexity index is 733. The van der Waals surface area contributed by atoms with Crippen molar-refractivity contribution in [3.05, 3.63) is 48.4 Å². The van der Waals surface area contributed by atoms with E-state index in [1.807, 2.05) is 0 Å². The van der Waals surface area contributed by atoms with E-state index < -0.39 is 11.7 Å². The number of halogens is 3. The van der Waals surface area contributed by atoms with Crippen LogP contribution in [0.4, 0.5) is 13.2 Å². The van der Waals surface area contributed by atoms with Crippen molar-refractivity contribution in [1.29, 1.82) is 0 Å². The van der Waals surface area contributed by atoms with Crippen molar-refractivity contribution in [2.75, 3.05) is 0 Å². The molecule has 0 radical (unpaired) electrons. The molecule has 2 aromatic heterocycles. The Morgan fingerprint density at radius 2 is 1.89 bits per heavy atom. The van der Waals surface area contributed by atoms with Crippen molar-refractivity contribution in [1.82, 2.24) is 19.6 Å². The van der Waals surface area contributed by atoms with Gasteiger partial charge in [-0.1, -0.05) is 12.1 Å². The summed E-state index contributed by atoms with van der Waals surface area (Å²) in [6.45, 7) is 0. The van der Waals surface area contributed by atoms with Crippen molar-refractivity contribution < 1.29 is 13.2 Å². The van der Waals surface area contributed by atoms with Crippen LogP contribution in [0.1, 0.15) is 5.56 Å². The second-order valence-corrected chi connectivity index (χ2v) is 3.88. The minimum Gasteiger partial charge on any atom is -0.220 e. The van der Waals surface area contributed by atoms with E-state index in [-0.39, 0.29) is 0 Å². The van der Waals surface area contributed by atoms with Gasteiger partial charge >= 0.3 is 6.18 Å². The van der Waals surface area contributed by atoms with E-state index in [0.29, 0.717) is 17.0 Å². The Labute approximate surface area is 105 Å². The summed E-state index contributed by atoms with van der Waals surface area (Å²) in [6.07, 6.45) is -1.58. The Balaban J connectivity index is 2.19. The molecule has 7 heteroatoms. The highest BCUT2D eigenvalue weighted by atomic mass is 19.4. The van der Waals surface area contributed by atoms with Gasteiger partial charge in [0.05, 0.1) is 11.3 Å². The SMILES string of the molecule is FC(F)(F)c1cccc(-c2ccnc3ncnn23)c1. The van der Waals surface area contributed by atoms with Gasteiger partial charge in [-0.15, -0.1) is 0 Å². The Morgan fingerprint density at radius 3 is 2.68 bits per heavy atom. The van der Waals surface area contributed by atoms with Gasteiger partial charge in [0.1, 0.15) is 6.33 Å². The van der Waals surface area contributed by atoms with Gasteiger partial charge in [-0.2, -0.15) is 27.8 Å². The topological polar surface area (TPSA) is 43.1 Å². The van der Waals surface area contributed by atoms with Crippen LogP contribution >= 0.6 is 0 Å². The van der Waals surface area contributed by atoms with Crippen LogP contribution in [-0.4, -0.2) is 19.6 Å². The number of aromatic nitrogens is 4. The third kappa shape index (κ3) is 2.03. The first-order chi connectivity index (χ1) is 9.05. The lowest BCUT2D eigenvalue weighted by Gasteiger charge is -2.09. The molecule has 0 amide bonds. The van der Waals surface area contributed by atoms with Crippen molar-refractivity contribution in [3.8, 4) is 11.3 Å². The summed E-state index contributed by atoms with van der Waals surface area (Å²) < 4.78 is 39.5. The lowest BCUT2D eigenvalue weighted by molar-refractivity contribution is -0.137. The predicted octanol–water partition coefficient (Wildman–Crippen LogP) is 2.81. The highest BCUT2D eigenvalue weighted by Gasteiger charge is 2.30. The van der Waals surface area contributed by atoms with Crippen LogP contribution in [-0.2, 0) is 6.18 Å². The molecule has 3 rings (SSSR count). The van der Waals surface area contributed by atoms with Crippen LogP contribution in [0.2, 0.25) is 0 Å². The molecule has 3 aromatic rings. The summed E-state index contributed by atoms with van der Waals surface area (Å²) in [4.78, 5) is 7.86. The molecule has 19 heavy (non-hydrogen) atoms. The van der Waals surface area contributed by atoms with E-state index in [2.05, 4.69) is 15.1 Å².